The lowest BCUT2D eigenvalue weighted by atomic mass is 10.0. The largest absolute Gasteiger partial charge is 0.472 e. The van der Waals surface area contributed by atoms with Gasteiger partial charge >= 0.3 is 19.8 Å². The van der Waals surface area contributed by atoms with Crippen LogP contribution in [-0.4, -0.2) is 49.3 Å². The molecule has 0 radical (unpaired) electrons. The van der Waals surface area contributed by atoms with Crippen LogP contribution in [0.25, 0.3) is 0 Å². The van der Waals surface area contributed by atoms with Gasteiger partial charge in [0.05, 0.1) is 13.2 Å². The van der Waals surface area contributed by atoms with Gasteiger partial charge in [-0.1, -0.05) is 213 Å². The molecule has 322 valence electrons. The van der Waals surface area contributed by atoms with E-state index in [0.29, 0.717) is 6.42 Å². The molecule has 0 saturated carbocycles. The summed E-state index contributed by atoms with van der Waals surface area (Å²) in [5.74, 6) is -0.811. The number of nitrogens with two attached hydrogens (primary N) is 1. The van der Waals surface area contributed by atoms with Gasteiger partial charge in [0.15, 0.2) is 6.10 Å². The second kappa shape index (κ2) is 41.6. The fraction of sp³-hybridized carbons (Fsp3) is 0.955. The molecule has 0 aromatic rings. The molecule has 2 atom stereocenters. The fourth-order valence-electron chi connectivity index (χ4n) is 6.81. The van der Waals surface area contributed by atoms with Crippen LogP contribution in [-0.2, 0) is 32.7 Å². The van der Waals surface area contributed by atoms with Gasteiger partial charge in [-0.3, -0.25) is 18.6 Å². The smallest absolute Gasteiger partial charge is 0.462 e. The highest BCUT2D eigenvalue weighted by molar-refractivity contribution is 7.47. The van der Waals surface area contributed by atoms with Crippen LogP contribution >= 0.6 is 7.82 Å². The Balaban J connectivity index is 4.04. The molecule has 3 N–H and O–H groups in total. The summed E-state index contributed by atoms with van der Waals surface area (Å²) in [7, 11) is -4.37. The highest BCUT2D eigenvalue weighted by atomic mass is 31.2. The Bertz CT molecular complexity index is 860. The minimum atomic E-state index is -4.37. The Morgan fingerprint density at radius 3 is 1.13 bits per heavy atom. The van der Waals surface area contributed by atoms with Crippen LogP contribution in [0.3, 0.4) is 0 Å². The first kappa shape index (κ1) is 53.0. The predicted octanol–water partition coefficient (Wildman–Crippen LogP) is 13.2. The minimum Gasteiger partial charge on any atom is -0.462 e. The lowest BCUT2D eigenvalue weighted by molar-refractivity contribution is -0.161. The predicted molar refractivity (Wildman–Crippen MR) is 225 cm³/mol. The number of unbranched alkanes of at least 4 members (excludes halogenated alkanes) is 31. The van der Waals surface area contributed by atoms with Crippen LogP contribution in [0.2, 0.25) is 0 Å². The zero-order chi connectivity index (χ0) is 39.6. The van der Waals surface area contributed by atoms with Crippen molar-refractivity contribution in [2.75, 3.05) is 26.4 Å². The van der Waals surface area contributed by atoms with Crippen LogP contribution in [0.15, 0.2) is 0 Å². The van der Waals surface area contributed by atoms with Gasteiger partial charge < -0.3 is 20.1 Å². The number of carbonyl (C=O) groups excluding carboxylic acids is 2. The van der Waals surface area contributed by atoms with Gasteiger partial charge in [-0.15, -0.1) is 0 Å². The number of phosphoric ester groups is 1. The maximum atomic E-state index is 12.6. The molecule has 0 fully saturated rings. The highest BCUT2D eigenvalue weighted by Crippen LogP contribution is 2.43. The van der Waals surface area contributed by atoms with E-state index in [1.807, 2.05) is 0 Å². The van der Waals surface area contributed by atoms with Crippen molar-refractivity contribution in [3.63, 3.8) is 0 Å². The first-order valence-corrected chi connectivity index (χ1v) is 24.5. The summed E-state index contributed by atoms with van der Waals surface area (Å²) in [6.07, 6.45) is 41.3. The first-order chi connectivity index (χ1) is 26.3. The van der Waals surface area contributed by atoms with Crippen molar-refractivity contribution in [1.82, 2.24) is 0 Å². The van der Waals surface area contributed by atoms with Crippen LogP contribution in [0, 0.1) is 0 Å². The van der Waals surface area contributed by atoms with Gasteiger partial charge in [0, 0.05) is 19.4 Å². The average Bonchev–Trinajstić information content (AvgIpc) is 3.16. The van der Waals surface area contributed by atoms with Crippen molar-refractivity contribution < 1.29 is 37.6 Å². The van der Waals surface area contributed by atoms with E-state index in [2.05, 4.69) is 13.8 Å². The van der Waals surface area contributed by atoms with Crippen molar-refractivity contribution in [1.29, 1.82) is 0 Å². The van der Waals surface area contributed by atoms with Gasteiger partial charge in [-0.2, -0.15) is 0 Å². The Morgan fingerprint density at radius 2 is 0.796 bits per heavy atom. The molecule has 0 aliphatic carbocycles. The number of hydrogen-bond acceptors (Lipinski definition) is 8. The maximum Gasteiger partial charge on any atom is 0.472 e. The van der Waals surface area contributed by atoms with Crippen molar-refractivity contribution in [3.8, 4) is 0 Å². The Kier molecular flexibility index (Phi) is 40.9. The third-order valence-corrected chi connectivity index (χ3v) is 11.2. The van der Waals surface area contributed by atoms with E-state index in [1.165, 1.54) is 173 Å². The number of ether oxygens (including phenoxy) is 2. The van der Waals surface area contributed by atoms with Crippen molar-refractivity contribution in [3.05, 3.63) is 0 Å². The summed E-state index contributed by atoms with van der Waals surface area (Å²) in [5, 5.41) is 0. The number of esters is 2. The molecule has 0 aromatic heterocycles. The molecule has 0 aliphatic heterocycles. The van der Waals surface area contributed by atoms with E-state index in [9.17, 15) is 19.0 Å². The lowest BCUT2D eigenvalue weighted by Crippen LogP contribution is -2.29. The third kappa shape index (κ3) is 40.7. The van der Waals surface area contributed by atoms with Crippen LogP contribution in [0.1, 0.15) is 239 Å². The molecule has 0 rings (SSSR count). The number of rotatable bonds is 44. The van der Waals surface area contributed by atoms with E-state index >= 15 is 0 Å². The van der Waals surface area contributed by atoms with Gasteiger partial charge in [-0.05, 0) is 12.8 Å². The minimum absolute atomic E-state index is 0.0581. The zero-order valence-corrected chi connectivity index (χ0v) is 36.4. The van der Waals surface area contributed by atoms with E-state index in [0.717, 1.165) is 32.1 Å². The van der Waals surface area contributed by atoms with E-state index in [1.54, 1.807) is 0 Å². The quantitative estimate of drug-likeness (QED) is 0.0351. The van der Waals surface area contributed by atoms with Gasteiger partial charge in [0.25, 0.3) is 0 Å². The maximum absolute atomic E-state index is 12.6. The Hall–Kier alpha value is -0.990. The molecule has 0 heterocycles. The molecule has 0 amide bonds. The highest BCUT2D eigenvalue weighted by Gasteiger charge is 2.26. The lowest BCUT2D eigenvalue weighted by Gasteiger charge is -2.19. The number of phosphoric acid groups is 1. The zero-order valence-electron chi connectivity index (χ0n) is 35.5. The number of hydrogen-bond donors (Lipinski definition) is 2. The first-order valence-electron chi connectivity index (χ1n) is 23.0. The molecule has 54 heavy (non-hydrogen) atoms. The Labute approximate surface area is 333 Å². The van der Waals surface area contributed by atoms with E-state index in [-0.39, 0.29) is 38.6 Å². The van der Waals surface area contributed by atoms with Gasteiger partial charge in [0.2, 0.25) is 0 Å². The topological polar surface area (TPSA) is 134 Å². The molecule has 0 spiro atoms. The summed E-state index contributed by atoms with van der Waals surface area (Å²) >= 11 is 0. The summed E-state index contributed by atoms with van der Waals surface area (Å²) < 4.78 is 32.8. The molecule has 1 unspecified atom stereocenters. The standard InChI is InChI=1S/C44H88NO8P/c1-3-5-7-9-11-13-15-17-18-19-20-21-22-23-25-27-29-31-33-35-37-44(47)53-42(41-52-54(48,49)51-39-38-45)40-50-43(46)36-34-32-30-28-26-24-16-14-12-10-8-6-4-2/h42H,3-41,45H2,1-2H3,(H,48,49)/t42-/m1/s1. The molecule has 0 bridgehead atoms. The normalized spacial score (nSPS) is 13.2. The monoisotopic (exact) mass is 790 g/mol. The molecule has 0 aliphatic rings. The molecular weight excluding hydrogens is 701 g/mol. The Morgan fingerprint density at radius 1 is 0.481 bits per heavy atom. The van der Waals surface area contributed by atoms with E-state index in [4.69, 9.17) is 24.3 Å². The second-order valence-corrected chi connectivity index (χ2v) is 17.1. The van der Waals surface area contributed by atoms with Crippen molar-refractivity contribution in [2.45, 2.75) is 245 Å². The second-order valence-electron chi connectivity index (χ2n) is 15.6. The van der Waals surface area contributed by atoms with Crippen molar-refractivity contribution in [2.24, 2.45) is 5.73 Å². The molecule has 10 heteroatoms. The molecule has 0 aromatic carbocycles. The van der Waals surface area contributed by atoms with Gasteiger partial charge in [-0.25, -0.2) is 4.57 Å². The fourth-order valence-corrected chi connectivity index (χ4v) is 7.58. The van der Waals surface area contributed by atoms with Crippen LogP contribution < -0.4 is 5.73 Å². The van der Waals surface area contributed by atoms with Crippen LogP contribution in [0.4, 0.5) is 0 Å². The third-order valence-electron chi connectivity index (χ3n) is 10.2. The SMILES string of the molecule is CCCCCCCCCCCCCCCCCCCCCCC(=O)O[C@H](COC(=O)CCCCCCCCCCCCCCC)COP(=O)(O)OCCN. The molecule has 9 nitrogen and oxygen atoms in total. The van der Waals surface area contributed by atoms with Crippen LogP contribution in [0.5, 0.6) is 0 Å². The summed E-state index contributed by atoms with van der Waals surface area (Å²) in [6.45, 7) is 3.78. The number of carbonyl (C=O) groups is 2. The summed E-state index contributed by atoms with van der Waals surface area (Å²) in [4.78, 5) is 34.9. The van der Waals surface area contributed by atoms with Crippen molar-refractivity contribution >= 4 is 19.8 Å². The molecule has 0 saturated heterocycles. The van der Waals surface area contributed by atoms with Gasteiger partial charge in [0.1, 0.15) is 6.61 Å². The van der Waals surface area contributed by atoms with E-state index < -0.39 is 26.5 Å². The average molecular weight is 790 g/mol. The summed E-state index contributed by atoms with van der Waals surface area (Å²) in [5.41, 5.74) is 5.35. The molecular formula is C44H88NO8P. The summed E-state index contributed by atoms with van der Waals surface area (Å²) in [6, 6.07) is 0.